The topological polar surface area (TPSA) is 64.7 Å². The molecule has 2 heterocycles. The van der Waals surface area contributed by atoms with Crippen molar-refractivity contribution in [2.75, 3.05) is 6.54 Å². The zero-order chi connectivity index (χ0) is 19.3. The van der Waals surface area contributed by atoms with Crippen molar-refractivity contribution in [3.8, 4) is 11.4 Å². The molecule has 2 aromatic carbocycles. The van der Waals surface area contributed by atoms with Gasteiger partial charge in [-0.05, 0) is 49.2 Å². The molecule has 1 amide bonds. The van der Waals surface area contributed by atoms with E-state index in [1.807, 2.05) is 66.3 Å². The molecule has 0 saturated heterocycles. The molecule has 4 rings (SSSR count). The molecule has 0 saturated carbocycles. The second-order valence-corrected chi connectivity index (χ2v) is 6.51. The highest BCUT2D eigenvalue weighted by molar-refractivity contribution is 5.95. The molecule has 2 aromatic heterocycles. The molecule has 140 valence electrons. The minimum absolute atomic E-state index is 0.104. The largest absolute Gasteiger partial charge is 0.352 e. The Morgan fingerprint density at radius 2 is 1.75 bits per heavy atom. The maximum Gasteiger partial charge on any atom is 0.254 e. The van der Waals surface area contributed by atoms with Gasteiger partial charge in [0.1, 0.15) is 0 Å². The standard InChI is InChI=1S/C22H21N5O/c1-17-21(16-25-27(17)20-6-3-2-4-7-20)22(28)23-14-12-18-8-10-19(11-9-18)26-15-5-13-24-26/h2-11,13,15-16H,12,14H2,1H3,(H,23,28). The summed E-state index contributed by atoms with van der Waals surface area (Å²) in [7, 11) is 0. The molecule has 1 N–H and O–H groups in total. The molecule has 6 nitrogen and oxygen atoms in total. The highest BCUT2D eigenvalue weighted by Crippen LogP contribution is 2.14. The fourth-order valence-corrected chi connectivity index (χ4v) is 3.11. The number of carbonyl (C=O) groups is 1. The van der Waals surface area contributed by atoms with Gasteiger partial charge < -0.3 is 5.32 Å². The van der Waals surface area contributed by atoms with Gasteiger partial charge in [-0.2, -0.15) is 10.2 Å². The van der Waals surface area contributed by atoms with E-state index in [1.54, 1.807) is 17.1 Å². The van der Waals surface area contributed by atoms with E-state index in [1.165, 1.54) is 0 Å². The molecule has 0 fully saturated rings. The van der Waals surface area contributed by atoms with Gasteiger partial charge in [0.05, 0.1) is 28.8 Å². The van der Waals surface area contributed by atoms with E-state index in [0.29, 0.717) is 12.1 Å². The monoisotopic (exact) mass is 371 g/mol. The van der Waals surface area contributed by atoms with E-state index in [4.69, 9.17) is 0 Å². The average Bonchev–Trinajstić information content (AvgIpc) is 3.39. The fourth-order valence-electron chi connectivity index (χ4n) is 3.11. The van der Waals surface area contributed by atoms with Crippen molar-refractivity contribution in [3.63, 3.8) is 0 Å². The molecule has 0 aliphatic carbocycles. The van der Waals surface area contributed by atoms with Gasteiger partial charge in [-0.1, -0.05) is 30.3 Å². The second-order valence-electron chi connectivity index (χ2n) is 6.51. The summed E-state index contributed by atoms with van der Waals surface area (Å²) in [4.78, 5) is 12.5. The normalized spacial score (nSPS) is 10.8. The predicted molar refractivity (Wildman–Crippen MR) is 108 cm³/mol. The Labute approximate surface area is 163 Å². The van der Waals surface area contributed by atoms with Crippen molar-refractivity contribution in [2.24, 2.45) is 0 Å². The van der Waals surface area contributed by atoms with Gasteiger partial charge in [0.2, 0.25) is 0 Å². The lowest BCUT2D eigenvalue weighted by molar-refractivity contribution is 0.0953. The van der Waals surface area contributed by atoms with Crippen LogP contribution in [0.1, 0.15) is 21.6 Å². The SMILES string of the molecule is Cc1c(C(=O)NCCc2ccc(-n3cccn3)cc2)cnn1-c1ccccc1. The first-order valence-corrected chi connectivity index (χ1v) is 9.19. The summed E-state index contributed by atoms with van der Waals surface area (Å²) in [5, 5.41) is 11.6. The lowest BCUT2D eigenvalue weighted by Crippen LogP contribution is -2.26. The number of benzene rings is 2. The van der Waals surface area contributed by atoms with E-state index >= 15 is 0 Å². The molecule has 6 heteroatoms. The summed E-state index contributed by atoms with van der Waals surface area (Å²) in [6.45, 7) is 2.47. The van der Waals surface area contributed by atoms with Crippen LogP contribution in [0.2, 0.25) is 0 Å². The number of hydrogen-bond donors (Lipinski definition) is 1. The minimum atomic E-state index is -0.104. The Morgan fingerprint density at radius 1 is 0.964 bits per heavy atom. The lowest BCUT2D eigenvalue weighted by atomic mass is 10.1. The summed E-state index contributed by atoms with van der Waals surface area (Å²) in [6, 6.07) is 19.9. The number of carbonyl (C=O) groups excluding carboxylic acids is 1. The van der Waals surface area contributed by atoms with E-state index in [2.05, 4.69) is 27.6 Å². The van der Waals surface area contributed by atoms with Crippen LogP contribution in [-0.4, -0.2) is 32.0 Å². The Kier molecular flexibility index (Phi) is 5.01. The first kappa shape index (κ1) is 17.7. The number of nitrogens with zero attached hydrogens (tertiary/aromatic N) is 4. The van der Waals surface area contributed by atoms with Crippen LogP contribution >= 0.6 is 0 Å². The number of aromatic nitrogens is 4. The number of hydrogen-bond acceptors (Lipinski definition) is 3. The smallest absolute Gasteiger partial charge is 0.254 e. The van der Waals surface area contributed by atoms with Gasteiger partial charge >= 0.3 is 0 Å². The zero-order valence-electron chi connectivity index (χ0n) is 15.6. The second kappa shape index (κ2) is 7.92. The molecule has 4 aromatic rings. The number of amides is 1. The van der Waals surface area contributed by atoms with Gasteiger partial charge in [0.15, 0.2) is 0 Å². The summed E-state index contributed by atoms with van der Waals surface area (Å²) < 4.78 is 3.60. The minimum Gasteiger partial charge on any atom is -0.352 e. The van der Waals surface area contributed by atoms with Crippen LogP contribution in [0.3, 0.4) is 0 Å². The van der Waals surface area contributed by atoms with E-state index in [9.17, 15) is 4.79 Å². The third-order valence-electron chi connectivity index (χ3n) is 4.66. The quantitative estimate of drug-likeness (QED) is 0.565. The van der Waals surface area contributed by atoms with E-state index < -0.39 is 0 Å². The lowest BCUT2D eigenvalue weighted by Gasteiger charge is -2.07. The Hall–Kier alpha value is -3.67. The van der Waals surface area contributed by atoms with Crippen LogP contribution in [0.25, 0.3) is 11.4 Å². The van der Waals surface area contributed by atoms with Gasteiger partial charge in [-0.3, -0.25) is 4.79 Å². The Morgan fingerprint density at radius 3 is 2.46 bits per heavy atom. The molecule has 0 aliphatic rings. The molecule has 0 bridgehead atoms. The van der Waals surface area contributed by atoms with Crippen LogP contribution in [0, 0.1) is 6.92 Å². The summed E-state index contributed by atoms with van der Waals surface area (Å²) in [5.74, 6) is -0.104. The molecule has 0 radical (unpaired) electrons. The third kappa shape index (κ3) is 3.71. The molecule has 0 spiro atoms. The zero-order valence-corrected chi connectivity index (χ0v) is 15.6. The van der Waals surface area contributed by atoms with Crippen LogP contribution in [0.15, 0.2) is 79.3 Å². The fraction of sp³-hybridized carbons (Fsp3) is 0.136. The number of rotatable bonds is 6. The van der Waals surface area contributed by atoms with Crippen LogP contribution < -0.4 is 5.32 Å². The first-order chi connectivity index (χ1) is 13.7. The number of para-hydroxylation sites is 1. The van der Waals surface area contributed by atoms with Crippen LogP contribution in [-0.2, 0) is 6.42 Å². The van der Waals surface area contributed by atoms with Crippen LogP contribution in [0.5, 0.6) is 0 Å². The molecular formula is C22H21N5O. The molecule has 0 aliphatic heterocycles. The van der Waals surface area contributed by atoms with E-state index in [0.717, 1.165) is 29.1 Å². The van der Waals surface area contributed by atoms with Crippen molar-refractivity contribution >= 4 is 5.91 Å². The van der Waals surface area contributed by atoms with Gasteiger partial charge in [0.25, 0.3) is 5.91 Å². The molecule has 0 unspecified atom stereocenters. The van der Waals surface area contributed by atoms with Crippen molar-refractivity contribution < 1.29 is 4.79 Å². The average molecular weight is 371 g/mol. The molecule has 0 atom stereocenters. The third-order valence-corrected chi connectivity index (χ3v) is 4.66. The maximum absolute atomic E-state index is 12.5. The van der Waals surface area contributed by atoms with Gasteiger partial charge in [-0.25, -0.2) is 9.36 Å². The van der Waals surface area contributed by atoms with Crippen molar-refractivity contribution in [2.45, 2.75) is 13.3 Å². The summed E-state index contributed by atoms with van der Waals surface area (Å²) in [5.41, 5.74) is 4.54. The van der Waals surface area contributed by atoms with Crippen LogP contribution in [0.4, 0.5) is 0 Å². The first-order valence-electron chi connectivity index (χ1n) is 9.19. The predicted octanol–water partition coefficient (Wildman–Crippen LogP) is 3.34. The molecular weight excluding hydrogens is 350 g/mol. The highest BCUT2D eigenvalue weighted by atomic mass is 16.1. The van der Waals surface area contributed by atoms with Gasteiger partial charge in [0, 0.05) is 18.9 Å². The van der Waals surface area contributed by atoms with E-state index in [-0.39, 0.29) is 5.91 Å². The Balaban J connectivity index is 1.35. The Bertz CT molecular complexity index is 1050. The summed E-state index contributed by atoms with van der Waals surface area (Å²) >= 11 is 0. The van der Waals surface area contributed by atoms with Crippen molar-refractivity contribution in [3.05, 3.63) is 96.1 Å². The molecule has 28 heavy (non-hydrogen) atoms. The highest BCUT2D eigenvalue weighted by Gasteiger charge is 2.14. The number of nitrogens with one attached hydrogen (secondary N) is 1. The van der Waals surface area contributed by atoms with Gasteiger partial charge in [-0.15, -0.1) is 0 Å². The van der Waals surface area contributed by atoms with Crippen molar-refractivity contribution in [1.29, 1.82) is 0 Å². The maximum atomic E-state index is 12.5. The van der Waals surface area contributed by atoms with Crippen molar-refractivity contribution in [1.82, 2.24) is 24.9 Å². The summed E-state index contributed by atoms with van der Waals surface area (Å²) in [6.07, 6.45) is 6.05.